The van der Waals surface area contributed by atoms with Gasteiger partial charge in [0.05, 0.1) is 0 Å². The summed E-state index contributed by atoms with van der Waals surface area (Å²) < 4.78 is 0. The van der Waals surface area contributed by atoms with E-state index in [2.05, 4.69) is 63.4 Å². The summed E-state index contributed by atoms with van der Waals surface area (Å²) in [7, 11) is 6.29. The molecule has 6 heteroatoms. The van der Waals surface area contributed by atoms with Crippen molar-refractivity contribution in [3.05, 3.63) is 29.8 Å². The Hall–Kier alpha value is -0.860. The highest BCUT2D eigenvalue weighted by atomic mass is 127. The van der Waals surface area contributed by atoms with Crippen molar-refractivity contribution in [1.82, 2.24) is 15.1 Å². The number of fused-ring (bicyclic) bond motifs is 1. The van der Waals surface area contributed by atoms with Gasteiger partial charge in [-0.2, -0.15) is 0 Å². The lowest BCUT2D eigenvalue weighted by Gasteiger charge is -2.38. The summed E-state index contributed by atoms with van der Waals surface area (Å²) in [6.45, 7) is 5.35. The van der Waals surface area contributed by atoms with Gasteiger partial charge in [0.25, 0.3) is 0 Å². The molecule has 0 saturated carbocycles. The average Bonchev–Trinajstić information content (AvgIpc) is 2.95. The molecule has 1 unspecified atom stereocenters. The molecule has 0 radical (unpaired) electrons. The number of rotatable bonds is 2. The second kappa shape index (κ2) is 8.30. The van der Waals surface area contributed by atoms with Gasteiger partial charge in [-0.1, -0.05) is 18.2 Å². The molecular weight excluding hydrogens is 401 g/mol. The summed E-state index contributed by atoms with van der Waals surface area (Å²) in [5, 5.41) is 3.58. The second-order valence-electron chi connectivity index (χ2n) is 6.36. The molecular formula is C17H28IN5. The number of likely N-dealkylation sites (N-methyl/N-ethyl adjacent to an activating group) is 2. The summed E-state index contributed by atoms with van der Waals surface area (Å²) in [6.07, 6.45) is 1.10. The van der Waals surface area contributed by atoms with Crippen molar-refractivity contribution >= 4 is 35.6 Å². The number of anilines is 1. The maximum atomic E-state index is 4.50. The summed E-state index contributed by atoms with van der Waals surface area (Å²) >= 11 is 0. The number of guanidine groups is 1. The van der Waals surface area contributed by atoms with E-state index in [1.165, 1.54) is 11.3 Å². The smallest absolute Gasteiger partial charge is 0.198 e. The zero-order valence-electron chi connectivity index (χ0n) is 14.3. The number of piperazine rings is 1. The number of benzene rings is 1. The quantitative estimate of drug-likeness (QED) is 0.439. The van der Waals surface area contributed by atoms with Crippen LogP contribution in [0.25, 0.3) is 0 Å². The monoisotopic (exact) mass is 429 g/mol. The van der Waals surface area contributed by atoms with Crippen LogP contribution in [0.1, 0.15) is 5.56 Å². The molecule has 0 aliphatic carbocycles. The van der Waals surface area contributed by atoms with E-state index in [0.29, 0.717) is 6.04 Å². The summed E-state index contributed by atoms with van der Waals surface area (Å²) in [5.41, 5.74) is 2.71. The molecule has 1 fully saturated rings. The van der Waals surface area contributed by atoms with Crippen LogP contribution in [0.5, 0.6) is 0 Å². The fourth-order valence-corrected chi connectivity index (χ4v) is 3.38. The molecule has 5 nitrogen and oxygen atoms in total. The summed E-state index contributed by atoms with van der Waals surface area (Å²) in [4.78, 5) is 11.6. The van der Waals surface area contributed by atoms with E-state index in [0.717, 1.165) is 45.1 Å². The zero-order valence-corrected chi connectivity index (χ0v) is 16.7. The highest BCUT2D eigenvalue weighted by Gasteiger charge is 2.25. The van der Waals surface area contributed by atoms with Crippen molar-refractivity contribution in [2.45, 2.75) is 12.5 Å². The first-order valence-electron chi connectivity index (χ1n) is 8.14. The maximum Gasteiger partial charge on any atom is 0.198 e. The van der Waals surface area contributed by atoms with Gasteiger partial charge >= 0.3 is 0 Å². The first-order chi connectivity index (χ1) is 10.7. The number of hydrogen-bond donors (Lipinski definition) is 1. The fraction of sp³-hybridized carbons (Fsp3) is 0.588. The minimum absolute atomic E-state index is 0. The van der Waals surface area contributed by atoms with Crippen LogP contribution >= 0.6 is 24.0 Å². The average molecular weight is 429 g/mol. The third-order valence-corrected chi connectivity index (χ3v) is 4.83. The molecule has 0 aromatic heterocycles. The number of hydrogen-bond acceptors (Lipinski definition) is 3. The summed E-state index contributed by atoms with van der Waals surface area (Å²) in [5.74, 6) is 0.992. The second-order valence-corrected chi connectivity index (χ2v) is 6.36. The Kier molecular flexibility index (Phi) is 6.67. The van der Waals surface area contributed by atoms with Gasteiger partial charge in [0.2, 0.25) is 0 Å². The largest absolute Gasteiger partial charge is 0.354 e. The zero-order chi connectivity index (χ0) is 15.5. The molecule has 0 spiro atoms. The minimum atomic E-state index is 0. The van der Waals surface area contributed by atoms with Gasteiger partial charge in [-0.15, -0.1) is 24.0 Å². The van der Waals surface area contributed by atoms with Gasteiger partial charge in [0, 0.05) is 51.5 Å². The molecule has 0 amide bonds. The maximum absolute atomic E-state index is 4.50. The van der Waals surface area contributed by atoms with Crippen LogP contribution < -0.4 is 10.2 Å². The van der Waals surface area contributed by atoms with Crippen LogP contribution in [0.2, 0.25) is 0 Å². The van der Waals surface area contributed by atoms with Crippen molar-refractivity contribution in [1.29, 1.82) is 0 Å². The first-order valence-corrected chi connectivity index (χ1v) is 8.14. The van der Waals surface area contributed by atoms with Crippen LogP contribution in [-0.4, -0.2) is 75.7 Å². The third kappa shape index (κ3) is 4.16. The lowest BCUT2D eigenvalue weighted by atomic mass is 10.2. The number of halogens is 1. The van der Waals surface area contributed by atoms with E-state index in [4.69, 9.17) is 0 Å². The van der Waals surface area contributed by atoms with Gasteiger partial charge in [0.15, 0.2) is 5.96 Å². The van der Waals surface area contributed by atoms with Gasteiger partial charge < -0.3 is 15.1 Å². The third-order valence-electron chi connectivity index (χ3n) is 4.83. The minimum Gasteiger partial charge on any atom is -0.354 e. The fourth-order valence-electron chi connectivity index (χ4n) is 3.38. The molecule has 2 aliphatic heterocycles. The normalized spacial score (nSPS) is 22.7. The molecule has 1 atom stereocenters. The van der Waals surface area contributed by atoms with E-state index >= 15 is 0 Å². The number of nitrogens with one attached hydrogen (secondary N) is 1. The number of nitrogens with zero attached hydrogens (tertiary/aromatic N) is 4. The van der Waals surface area contributed by atoms with Gasteiger partial charge in [-0.25, -0.2) is 0 Å². The highest BCUT2D eigenvalue weighted by Crippen LogP contribution is 2.27. The molecule has 3 rings (SSSR count). The molecule has 2 aliphatic rings. The Morgan fingerprint density at radius 1 is 1.22 bits per heavy atom. The predicted molar refractivity (Wildman–Crippen MR) is 108 cm³/mol. The van der Waals surface area contributed by atoms with E-state index < -0.39 is 0 Å². The summed E-state index contributed by atoms with van der Waals surface area (Å²) in [6, 6.07) is 9.16. The number of para-hydroxylation sites is 1. The molecule has 128 valence electrons. The standard InChI is InChI=1S/C17H27N5.HI/c1-18-17(19-12-15-13-20(2)10-11-21(15)3)22-9-8-14-6-4-5-7-16(14)22;/h4-7,15H,8-13H2,1-3H3,(H,18,19);1H. The van der Waals surface area contributed by atoms with E-state index in [1.807, 2.05) is 7.05 Å². The van der Waals surface area contributed by atoms with Crippen LogP contribution in [0, 0.1) is 0 Å². The van der Waals surface area contributed by atoms with Crippen LogP contribution in [-0.2, 0) is 6.42 Å². The first kappa shape index (κ1) is 18.5. The Morgan fingerprint density at radius 2 is 2.00 bits per heavy atom. The van der Waals surface area contributed by atoms with Gasteiger partial charge in [-0.3, -0.25) is 9.89 Å². The highest BCUT2D eigenvalue weighted by molar-refractivity contribution is 14.0. The molecule has 1 aromatic rings. The predicted octanol–water partition coefficient (Wildman–Crippen LogP) is 1.49. The molecule has 23 heavy (non-hydrogen) atoms. The van der Waals surface area contributed by atoms with E-state index in [1.54, 1.807) is 0 Å². The van der Waals surface area contributed by atoms with Crippen molar-refractivity contribution in [3.8, 4) is 0 Å². The topological polar surface area (TPSA) is 34.1 Å². The van der Waals surface area contributed by atoms with Crippen molar-refractivity contribution in [3.63, 3.8) is 0 Å². The van der Waals surface area contributed by atoms with Crippen LogP contribution in [0.3, 0.4) is 0 Å². The lowest BCUT2D eigenvalue weighted by molar-refractivity contribution is 0.116. The van der Waals surface area contributed by atoms with Crippen LogP contribution in [0.4, 0.5) is 5.69 Å². The van der Waals surface area contributed by atoms with Gasteiger partial charge in [0.1, 0.15) is 0 Å². The Balaban J connectivity index is 0.00000192. The number of aliphatic imine (C=N–C) groups is 1. The molecule has 0 bridgehead atoms. The van der Waals surface area contributed by atoms with Gasteiger partial charge in [-0.05, 0) is 32.1 Å². The van der Waals surface area contributed by atoms with E-state index in [-0.39, 0.29) is 24.0 Å². The van der Waals surface area contributed by atoms with E-state index in [9.17, 15) is 0 Å². The SMILES string of the molecule is CN=C(NCC1CN(C)CCN1C)N1CCc2ccccc21.I. The Labute approximate surface area is 156 Å². The van der Waals surface area contributed by atoms with Crippen molar-refractivity contribution in [2.75, 3.05) is 58.8 Å². The Bertz CT molecular complexity index is 548. The molecule has 1 saturated heterocycles. The van der Waals surface area contributed by atoms with Crippen LogP contribution in [0.15, 0.2) is 29.3 Å². The lowest BCUT2D eigenvalue weighted by Crippen LogP contribution is -2.55. The molecule has 2 heterocycles. The molecule has 1 N–H and O–H groups in total. The van der Waals surface area contributed by atoms with Crippen molar-refractivity contribution in [2.24, 2.45) is 4.99 Å². The Morgan fingerprint density at radius 3 is 2.78 bits per heavy atom. The van der Waals surface area contributed by atoms with Crippen molar-refractivity contribution < 1.29 is 0 Å². The molecule has 1 aromatic carbocycles.